The second-order valence-electron chi connectivity index (χ2n) is 4.01. The number of carboxylic acid groups (broad SMARTS) is 1. The van der Waals surface area contributed by atoms with Gasteiger partial charge < -0.3 is 14.8 Å². The Morgan fingerprint density at radius 3 is 2.50 bits per heavy atom. The largest absolute Gasteiger partial charge is 0.481 e. The van der Waals surface area contributed by atoms with Crippen LogP contribution in [0.3, 0.4) is 0 Å². The first kappa shape index (κ1) is 14.6. The van der Waals surface area contributed by atoms with Crippen LogP contribution in [0, 0.1) is 12.8 Å². The van der Waals surface area contributed by atoms with Crippen molar-refractivity contribution in [3.63, 3.8) is 0 Å². The summed E-state index contributed by atoms with van der Waals surface area (Å²) in [5.74, 6) is -3.20. The molecule has 1 aromatic rings. The van der Waals surface area contributed by atoms with Gasteiger partial charge in [-0.2, -0.15) is 13.2 Å². The Hall–Kier alpha value is -1.50. The fourth-order valence-corrected chi connectivity index (χ4v) is 1.42. The Bertz CT molecular complexity index is 414. The van der Waals surface area contributed by atoms with Crippen LogP contribution in [-0.4, -0.2) is 23.8 Å². The van der Waals surface area contributed by atoms with E-state index in [4.69, 9.17) is 9.52 Å². The number of furan rings is 1. The lowest BCUT2D eigenvalue weighted by atomic mass is 10.1. The molecule has 0 amide bonds. The number of hydrogen-bond donors (Lipinski definition) is 2. The molecule has 0 spiro atoms. The number of carbonyl (C=O) groups is 1. The Balaban J connectivity index is 2.60. The molecule has 2 N–H and O–H groups in total. The monoisotopic (exact) mass is 265 g/mol. The fourth-order valence-electron chi connectivity index (χ4n) is 1.42. The predicted molar refractivity (Wildman–Crippen MR) is 57.0 cm³/mol. The highest BCUT2D eigenvalue weighted by Gasteiger charge is 2.44. The lowest BCUT2D eigenvalue weighted by Crippen LogP contribution is -2.39. The van der Waals surface area contributed by atoms with Crippen LogP contribution in [0.25, 0.3) is 0 Å². The molecule has 0 aliphatic rings. The average molecular weight is 265 g/mol. The first-order valence-corrected chi connectivity index (χ1v) is 5.31. The Labute approximate surface area is 102 Å². The van der Waals surface area contributed by atoms with Gasteiger partial charge in [0.2, 0.25) is 0 Å². The summed E-state index contributed by atoms with van der Waals surface area (Å²) in [5, 5.41) is 11.0. The van der Waals surface area contributed by atoms with Crippen molar-refractivity contribution in [1.29, 1.82) is 0 Å². The molecule has 18 heavy (non-hydrogen) atoms. The third-order valence-corrected chi connectivity index (χ3v) is 2.51. The maximum Gasteiger partial charge on any atom is 0.403 e. The molecule has 7 heteroatoms. The SMILES string of the molecule is Cc1ccc(C(C)NCC(C(=O)O)C(F)(F)F)o1. The standard InChI is InChI=1S/C11H14F3NO3/c1-6-3-4-9(18-6)7(2)15-5-8(10(16)17)11(12,13)14/h3-4,7-8,15H,5H2,1-2H3,(H,16,17). The second-order valence-corrected chi connectivity index (χ2v) is 4.01. The summed E-state index contributed by atoms with van der Waals surface area (Å²) in [6, 6.07) is 2.84. The van der Waals surface area contributed by atoms with E-state index in [0.29, 0.717) is 11.5 Å². The minimum atomic E-state index is -4.77. The zero-order chi connectivity index (χ0) is 13.9. The molecule has 1 rings (SSSR count). The van der Waals surface area contributed by atoms with Crippen LogP contribution in [0.5, 0.6) is 0 Å². The molecule has 0 bridgehead atoms. The summed E-state index contributed by atoms with van der Waals surface area (Å²) in [7, 11) is 0. The summed E-state index contributed by atoms with van der Waals surface area (Å²) in [6.07, 6.45) is -4.77. The molecule has 0 radical (unpaired) electrons. The lowest BCUT2D eigenvalue weighted by molar-refractivity contribution is -0.192. The van der Waals surface area contributed by atoms with Crippen LogP contribution in [0.2, 0.25) is 0 Å². The summed E-state index contributed by atoms with van der Waals surface area (Å²) in [4.78, 5) is 10.5. The van der Waals surface area contributed by atoms with Crippen molar-refractivity contribution in [2.75, 3.05) is 6.54 Å². The maximum absolute atomic E-state index is 12.4. The molecule has 4 nitrogen and oxygen atoms in total. The van der Waals surface area contributed by atoms with Crippen molar-refractivity contribution < 1.29 is 27.5 Å². The predicted octanol–water partition coefficient (Wildman–Crippen LogP) is 2.50. The van der Waals surface area contributed by atoms with Gasteiger partial charge in [-0.3, -0.25) is 4.79 Å². The summed E-state index contributed by atoms with van der Waals surface area (Å²) in [6.45, 7) is 2.62. The number of alkyl halides is 3. The molecular formula is C11H14F3NO3. The molecule has 0 saturated carbocycles. The van der Waals surface area contributed by atoms with Crippen molar-refractivity contribution in [2.45, 2.75) is 26.1 Å². The highest BCUT2D eigenvalue weighted by molar-refractivity contribution is 5.71. The highest BCUT2D eigenvalue weighted by atomic mass is 19.4. The number of rotatable bonds is 5. The van der Waals surface area contributed by atoms with E-state index in [2.05, 4.69) is 5.32 Å². The van der Waals surface area contributed by atoms with Crippen LogP contribution in [-0.2, 0) is 4.79 Å². The zero-order valence-electron chi connectivity index (χ0n) is 9.91. The van der Waals surface area contributed by atoms with Gasteiger partial charge in [-0.05, 0) is 26.0 Å². The van der Waals surface area contributed by atoms with Gasteiger partial charge in [-0.1, -0.05) is 0 Å². The van der Waals surface area contributed by atoms with Crippen LogP contribution < -0.4 is 5.32 Å². The Morgan fingerprint density at radius 2 is 2.11 bits per heavy atom. The van der Waals surface area contributed by atoms with Crippen LogP contribution >= 0.6 is 0 Å². The third-order valence-electron chi connectivity index (χ3n) is 2.51. The molecule has 1 aromatic heterocycles. The van der Waals surface area contributed by atoms with E-state index in [9.17, 15) is 18.0 Å². The second kappa shape index (κ2) is 5.43. The van der Waals surface area contributed by atoms with Crippen molar-refractivity contribution in [3.8, 4) is 0 Å². The fraction of sp³-hybridized carbons (Fsp3) is 0.545. The molecule has 2 atom stereocenters. The van der Waals surface area contributed by atoms with Gasteiger partial charge in [0, 0.05) is 6.54 Å². The molecule has 0 aliphatic heterocycles. The van der Waals surface area contributed by atoms with E-state index in [1.54, 1.807) is 26.0 Å². The molecule has 0 aliphatic carbocycles. The highest BCUT2D eigenvalue weighted by Crippen LogP contribution is 2.26. The van der Waals surface area contributed by atoms with E-state index in [1.807, 2.05) is 0 Å². The minimum Gasteiger partial charge on any atom is -0.481 e. The van der Waals surface area contributed by atoms with E-state index in [0.717, 1.165) is 0 Å². The molecule has 0 aromatic carbocycles. The quantitative estimate of drug-likeness (QED) is 0.858. The number of nitrogens with one attached hydrogen (secondary N) is 1. The van der Waals surface area contributed by atoms with Gasteiger partial charge in [0.15, 0.2) is 5.92 Å². The zero-order valence-corrected chi connectivity index (χ0v) is 9.91. The van der Waals surface area contributed by atoms with Crippen LogP contribution in [0.1, 0.15) is 24.5 Å². The van der Waals surface area contributed by atoms with Crippen LogP contribution in [0.15, 0.2) is 16.5 Å². The average Bonchev–Trinajstić information content (AvgIpc) is 2.62. The summed E-state index contributed by atoms with van der Waals surface area (Å²) in [5.41, 5.74) is 0. The van der Waals surface area contributed by atoms with Gasteiger partial charge in [-0.25, -0.2) is 0 Å². The Kier molecular flexibility index (Phi) is 4.39. The Morgan fingerprint density at radius 1 is 1.50 bits per heavy atom. The molecule has 0 saturated heterocycles. The van der Waals surface area contributed by atoms with Crippen molar-refractivity contribution in [2.24, 2.45) is 5.92 Å². The van der Waals surface area contributed by atoms with Crippen molar-refractivity contribution in [3.05, 3.63) is 23.7 Å². The number of hydrogen-bond acceptors (Lipinski definition) is 3. The van der Waals surface area contributed by atoms with E-state index in [1.165, 1.54) is 0 Å². The molecule has 0 fully saturated rings. The van der Waals surface area contributed by atoms with Gasteiger partial charge in [0.05, 0.1) is 6.04 Å². The van der Waals surface area contributed by atoms with Crippen molar-refractivity contribution in [1.82, 2.24) is 5.32 Å². The molecule has 102 valence electrons. The number of halogens is 3. The van der Waals surface area contributed by atoms with E-state index < -0.39 is 30.7 Å². The summed E-state index contributed by atoms with van der Waals surface area (Å²) >= 11 is 0. The molecular weight excluding hydrogens is 251 g/mol. The third kappa shape index (κ3) is 3.76. The number of carboxylic acids is 1. The minimum absolute atomic E-state index is 0.471. The smallest absolute Gasteiger partial charge is 0.403 e. The molecule has 2 unspecified atom stereocenters. The molecule has 1 heterocycles. The van der Waals surface area contributed by atoms with Gasteiger partial charge in [0.1, 0.15) is 11.5 Å². The van der Waals surface area contributed by atoms with Gasteiger partial charge >= 0.3 is 12.1 Å². The number of aryl methyl sites for hydroxylation is 1. The maximum atomic E-state index is 12.4. The normalized spacial score (nSPS) is 15.4. The number of aliphatic carboxylic acids is 1. The van der Waals surface area contributed by atoms with Gasteiger partial charge in [0.25, 0.3) is 0 Å². The van der Waals surface area contributed by atoms with Gasteiger partial charge in [-0.15, -0.1) is 0 Å². The topological polar surface area (TPSA) is 62.5 Å². The van der Waals surface area contributed by atoms with Crippen LogP contribution in [0.4, 0.5) is 13.2 Å². The first-order valence-electron chi connectivity index (χ1n) is 5.31. The first-order chi connectivity index (χ1) is 8.21. The van der Waals surface area contributed by atoms with Crippen molar-refractivity contribution >= 4 is 5.97 Å². The van der Waals surface area contributed by atoms with E-state index >= 15 is 0 Å². The lowest BCUT2D eigenvalue weighted by Gasteiger charge is -2.19. The summed E-state index contributed by atoms with van der Waals surface area (Å²) < 4.78 is 42.4. The van der Waals surface area contributed by atoms with E-state index in [-0.39, 0.29) is 0 Å².